The fourth-order valence-electron chi connectivity index (χ4n) is 1.88. The summed E-state index contributed by atoms with van der Waals surface area (Å²) in [6.45, 7) is 4.85. The van der Waals surface area contributed by atoms with E-state index in [-0.39, 0.29) is 11.5 Å². The van der Waals surface area contributed by atoms with E-state index in [1.165, 1.54) is 11.6 Å². The number of hydrogen-bond donors (Lipinski definition) is 3. The Morgan fingerprint density at radius 1 is 1.00 bits per heavy atom. The van der Waals surface area contributed by atoms with E-state index in [0.29, 0.717) is 12.5 Å². The summed E-state index contributed by atoms with van der Waals surface area (Å²) in [6, 6.07) is 12.9. The molecule has 0 aliphatic carbocycles. The van der Waals surface area contributed by atoms with Gasteiger partial charge in [0.05, 0.1) is 0 Å². The molecule has 0 aliphatic heterocycles. The molecule has 0 fully saturated rings. The largest absolute Gasteiger partial charge is 0.508 e. The van der Waals surface area contributed by atoms with Crippen molar-refractivity contribution < 1.29 is 10.2 Å². The second-order valence-electron chi connectivity index (χ2n) is 4.94. The maximum atomic E-state index is 9.69. The highest BCUT2D eigenvalue weighted by Gasteiger charge is 2.03. The van der Waals surface area contributed by atoms with Crippen LogP contribution in [-0.4, -0.2) is 10.2 Å². The fraction of sp³-hybridized carbons (Fsp3) is 0.250. The standard InChI is InChI=1S/C16H19NO2/c1-11(2)12-3-6-14(7-4-12)17-10-13-5-8-15(18)9-16(13)19/h3-9,11,17-19H,10H2,1-2H3. The predicted octanol–water partition coefficient (Wildman–Crippen LogP) is 3.83. The van der Waals surface area contributed by atoms with Crippen LogP contribution in [0.2, 0.25) is 0 Å². The smallest absolute Gasteiger partial charge is 0.124 e. The average Bonchev–Trinajstić information content (AvgIpc) is 2.38. The van der Waals surface area contributed by atoms with E-state index in [0.717, 1.165) is 11.3 Å². The maximum Gasteiger partial charge on any atom is 0.124 e. The van der Waals surface area contributed by atoms with Gasteiger partial charge in [0.25, 0.3) is 0 Å². The highest BCUT2D eigenvalue weighted by Crippen LogP contribution is 2.24. The first-order valence-corrected chi connectivity index (χ1v) is 6.41. The van der Waals surface area contributed by atoms with Crippen molar-refractivity contribution in [1.29, 1.82) is 0 Å². The molecule has 2 aromatic rings. The molecule has 19 heavy (non-hydrogen) atoms. The molecular formula is C16H19NO2. The molecule has 0 aromatic heterocycles. The van der Waals surface area contributed by atoms with Crippen LogP contribution in [0.25, 0.3) is 0 Å². The molecule has 2 rings (SSSR count). The van der Waals surface area contributed by atoms with Crippen molar-refractivity contribution in [2.24, 2.45) is 0 Å². The predicted molar refractivity (Wildman–Crippen MR) is 77.6 cm³/mol. The van der Waals surface area contributed by atoms with E-state index in [1.807, 2.05) is 12.1 Å². The highest BCUT2D eigenvalue weighted by atomic mass is 16.3. The van der Waals surface area contributed by atoms with Crippen LogP contribution in [0.15, 0.2) is 42.5 Å². The molecular weight excluding hydrogens is 238 g/mol. The van der Waals surface area contributed by atoms with Gasteiger partial charge in [-0.15, -0.1) is 0 Å². The van der Waals surface area contributed by atoms with E-state index < -0.39 is 0 Å². The summed E-state index contributed by atoms with van der Waals surface area (Å²) in [4.78, 5) is 0. The van der Waals surface area contributed by atoms with Crippen molar-refractivity contribution in [1.82, 2.24) is 0 Å². The third-order valence-electron chi connectivity index (χ3n) is 3.13. The van der Waals surface area contributed by atoms with Crippen LogP contribution in [-0.2, 0) is 6.54 Å². The van der Waals surface area contributed by atoms with Crippen LogP contribution in [0.1, 0.15) is 30.9 Å². The summed E-state index contributed by atoms with van der Waals surface area (Å²) in [7, 11) is 0. The van der Waals surface area contributed by atoms with Gasteiger partial charge in [-0.2, -0.15) is 0 Å². The summed E-state index contributed by atoms with van der Waals surface area (Å²) in [5.74, 6) is 0.698. The van der Waals surface area contributed by atoms with Gasteiger partial charge in [0.1, 0.15) is 11.5 Å². The first-order chi connectivity index (χ1) is 9.06. The first-order valence-electron chi connectivity index (χ1n) is 6.41. The molecule has 2 aromatic carbocycles. The summed E-state index contributed by atoms with van der Waals surface area (Å²) >= 11 is 0. The van der Waals surface area contributed by atoms with Crippen molar-refractivity contribution in [3.05, 3.63) is 53.6 Å². The maximum absolute atomic E-state index is 9.69. The van der Waals surface area contributed by atoms with E-state index in [9.17, 15) is 10.2 Å². The number of hydrogen-bond acceptors (Lipinski definition) is 3. The van der Waals surface area contributed by atoms with Crippen LogP contribution in [0.3, 0.4) is 0 Å². The van der Waals surface area contributed by atoms with E-state index in [2.05, 4.69) is 31.3 Å². The van der Waals surface area contributed by atoms with Crippen molar-refractivity contribution in [2.75, 3.05) is 5.32 Å². The number of phenols is 2. The highest BCUT2D eigenvalue weighted by molar-refractivity contribution is 5.47. The molecule has 3 N–H and O–H groups in total. The summed E-state index contributed by atoms with van der Waals surface area (Å²) in [5.41, 5.74) is 3.07. The summed E-state index contributed by atoms with van der Waals surface area (Å²) in [6.07, 6.45) is 0. The second kappa shape index (κ2) is 5.65. The molecule has 0 aliphatic rings. The fourth-order valence-corrected chi connectivity index (χ4v) is 1.88. The van der Waals surface area contributed by atoms with Gasteiger partial charge in [0.2, 0.25) is 0 Å². The second-order valence-corrected chi connectivity index (χ2v) is 4.94. The average molecular weight is 257 g/mol. The van der Waals surface area contributed by atoms with Crippen molar-refractivity contribution >= 4 is 5.69 Å². The Morgan fingerprint density at radius 3 is 2.26 bits per heavy atom. The van der Waals surface area contributed by atoms with Gasteiger partial charge < -0.3 is 15.5 Å². The molecule has 0 spiro atoms. The first kappa shape index (κ1) is 13.3. The van der Waals surface area contributed by atoms with Gasteiger partial charge in [-0.25, -0.2) is 0 Å². The molecule has 0 amide bonds. The number of anilines is 1. The lowest BCUT2D eigenvalue weighted by Gasteiger charge is -2.10. The lowest BCUT2D eigenvalue weighted by molar-refractivity contribution is 0.446. The number of aromatic hydroxyl groups is 2. The van der Waals surface area contributed by atoms with Gasteiger partial charge in [-0.05, 0) is 35.7 Å². The molecule has 0 radical (unpaired) electrons. The number of phenolic OH excluding ortho intramolecular Hbond substituents is 2. The van der Waals surface area contributed by atoms with Gasteiger partial charge in [0.15, 0.2) is 0 Å². The monoisotopic (exact) mass is 257 g/mol. The van der Waals surface area contributed by atoms with Crippen molar-refractivity contribution in [2.45, 2.75) is 26.3 Å². The van der Waals surface area contributed by atoms with Crippen molar-refractivity contribution in [3.8, 4) is 11.5 Å². The van der Waals surface area contributed by atoms with Crippen LogP contribution < -0.4 is 5.32 Å². The number of nitrogens with one attached hydrogen (secondary N) is 1. The third-order valence-corrected chi connectivity index (χ3v) is 3.13. The number of rotatable bonds is 4. The molecule has 100 valence electrons. The van der Waals surface area contributed by atoms with Crippen molar-refractivity contribution in [3.63, 3.8) is 0 Å². The minimum absolute atomic E-state index is 0.0718. The Balaban J connectivity index is 2.02. The van der Waals surface area contributed by atoms with Gasteiger partial charge in [-0.1, -0.05) is 26.0 Å². The molecule has 0 bridgehead atoms. The Hall–Kier alpha value is -2.16. The molecule has 0 saturated carbocycles. The van der Waals surface area contributed by atoms with E-state index in [4.69, 9.17) is 0 Å². The molecule has 0 atom stereocenters. The lowest BCUT2D eigenvalue weighted by Crippen LogP contribution is -1.99. The normalized spacial score (nSPS) is 10.7. The minimum Gasteiger partial charge on any atom is -0.508 e. The van der Waals surface area contributed by atoms with Crippen LogP contribution in [0.5, 0.6) is 11.5 Å². The SMILES string of the molecule is CC(C)c1ccc(NCc2ccc(O)cc2O)cc1. The minimum atomic E-state index is 0.0718. The van der Waals surface area contributed by atoms with Gasteiger partial charge in [0, 0.05) is 23.9 Å². The molecule has 0 saturated heterocycles. The molecule has 3 nitrogen and oxygen atoms in total. The quantitative estimate of drug-likeness (QED) is 0.780. The Bertz CT molecular complexity index is 547. The van der Waals surface area contributed by atoms with Gasteiger partial charge in [-0.3, -0.25) is 0 Å². The molecule has 0 heterocycles. The van der Waals surface area contributed by atoms with Crippen LogP contribution >= 0.6 is 0 Å². The lowest BCUT2D eigenvalue weighted by atomic mass is 10.0. The molecule has 3 heteroatoms. The summed E-state index contributed by atoms with van der Waals surface area (Å²) < 4.78 is 0. The van der Waals surface area contributed by atoms with Gasteiger partial charge >= 0.3 is 0 Å². The Labute approximate surface area is 113 Å². The Kier molecular flexibility index (Phi) is 3.95. The Morgan fingerprint density at radius 2 is 1.68 bits per heavy atom. The topological polar surface area (TPSA) is 52.5 Å². The zero-order valence-corrected chi connectivity index (χ0v) is 11.2. The van der Waals surface area contributed by atoms with Crippen LogP contribution in [0.4, 0.5) is 5.69 Å². The summed E-state index contributed by atoms with van der Waals surface area (Å²) in [5, 5.41) is 22.2. The zero-order chi connectivity index (χ0) is 13.8. The van der Waals surface area contributed by atoms with Crippen LogP contribution in [0, 0.1) is 0 Å². The number of benzene rings is 2. The van der Waals surface area contributed by atoms with E-state index in [1.54, 1.807) is 12.1 Å². The third kappa shape index (κ3) is 3.41. The zero-order valence-electron chi connectivity index (χ0n) is 11.2. The van der Waals surface area contributed by atoms with E-state index >= 15 is 0 Å². The molecule has 0 unspecified atom stereocenters.